The van der Waals surface area contributed by atoms with Crippen molar-refractivity contribution in [2.45, 2.75) is 38.5 Å². The summed E-state index contributed by atoms with van der Waals surface area (Å²) in [6.07, 6.45) is 0. The molecule has 0 spiro atoms. The molecule has 10 aromatic carbocycles. The number of fused-ring (bicyclic) bond motifs is 8. The maximum absolute atomic E-state index is 13.9. The number of ketones is 1. The van der Waals surface area contributed by atoms with Crippen LogP contribution in [0.5, 0.6) is 0 Å². The molecule has 0 atom stereocenters. The quantitative estimate of drug-likeness (QED) is 0.172. The first-order valence-corrected chi connectivity index (χ1v) is 23.7. The van der Waals surface area contributed by atoms with Crippen LogP contribution in [0, 0.1) is 0 Å². The van der Waals surface area contributed by atoms with Crippen molar-refractivity contribution < 1.29 is 4.79 Å². The molecule has 0 saturated heterocycles. The fourth-order valence-corrected chi connectivity index (χ4v) is 11.7. The van der Waals surface area contributed by atoms with Gasteiger partial charge in [0, 0.05) is 43.8 Å². The molecule has 1 aliphatic carbocycles. The molecule has 0 saturated carbocycles. The molecule has 11 aromatic rings. The minimum atomic E-state index is -0.327. The molecule has 0 fully saturated rings. The molecule has 0 amide bonds. The summed E-state index contributed by atoms with van der Waals surface area (Å²) >= 11 is 0. The molecule has 0 bridgehead atoms. The molecule has 2 heterocycles. The van der Waals surface area contributed by atoms with Crippen molar-refractivity contribution in [2.75, 3.05) is 4.90 Å². The minimum absolute atomic E-state index is 0.0995. The second-order valence-electron chi connectivity index (χ2n) is 19.6. The minimum Gasteiger partial charge on any atom is -0.309 e. The molecule has 1 aliphatic heterocycles. The normalized spacial score (nSPS) is 14.4. The van der Waals surface area contributed by atoms with Gasteiger partial charge >= 0.3 is 0 Å². The first-order valence-electron chi connectivity index (χ1n) is 23.7. The number of aromatic nitrogens is 1. The fourth-order valence-electron chi connectivity index (χ4n) is 11.7. The van der Waals surface area contributed by atoms with Crippen LogP contribution in [0.2, 0.25) is 0 Å². The first-order chi connectivity index (χ1) is 33.2. The van der Waals surface area contributed by atoms with Gasteiger partial charge in [-0.15, -0.1) is 0 Å². The Morgan fingerprint density at radius 3 is 1.60 bits per heavy atom. The van der Waals surface area contributed by atoms with Crippen molar-refractivity contribution in [1.29, 1.82) is 0 Å². The zero-order valence-corrected chi connectivity index (χ0v) is 38.6. The summed E-state index contributed by atoms with van der Waals surface area (Å²) in [7, 11) is 0. The van der Waals surface area contributed by atoms with Crippen molar-refractivity contribution >= 4 is 55.4 Å². The highest BCUT2D eigenvalue weighted by atomic mass is 16.1. The van der Waals surface area contributed by atoms with Gasteiger partial charge in [-0.25, -0.2) is 0 Å². The van der Waals surface area contributed by atoms with E-state index in [9.17, 15) is 4.79 Å². The molecule has 0 unspecified atom stereocenters. The topological polar surface area (TPSA) is 25.2 Å². The van der Waals surface area contributed by atoms with Gasteiger partial charge in [0.15, 0.2) is 5.78 Å². The number of para-hydroxylation sites is 2. The lowest BCUT2D eigenvalue weighted by atomic mass is 9.68. The van der Waals surface area contributed by atoms with Gasteiger partial charge in [-0.3, -0.25) is 4.79 Å². The van der Waals surface area contributed by atoms with Crippen LogP contribution >= 0.6 is 0 Å². The third-order valence-corrected chi connectivity index (χ3v) is 15.2. The molecule has 68 heavy (non-hydrogen) atoms. The first kappa shape index (κ1) is 40.0. The molecule has 13 rings (SSSR count). The standard InChI is InChI=1S/C65H48N2O/c1-64(2)54-24-14-13-23-50(54)63(68)51-31-27-45(39-57(51)64)47-32-36-58(49-22-12-11-21-48(47)49)67-61-26-16-15-25-55(61)65(3,4)56-33-28-44(40-62(56)67)43-30-35-60-53(38-43)52-37-42(41-17-7-5-8-18-41)29-34-59(52)66(60)46-19-9-6-10-20-46/h5-40H,1-4H3. The number of carbonyl (C=O) groups is 1. The van der Waals surface area contributed by atoms with Crippen molar-refractivity contribution in [2.24, 2.45) is 0 Å². The van der Waals surface area contributed by atoms with Crippen LogP contribution in [0.3, 0.4) is 0 Å². The van der Waals surface area contributed by atoms with Crippen LogP contribution in [0.25, 0.3) is 71.6 Å². The number of carbonyl (C=O) groups excluding carboxylic acids is 1. The van der Waals surface area contributed by atoms with E-state index in [1.165, 1.54) is 77.3 Å². The largest absolute Gasteiger partial charge is 0.309 e. The van der Waals surface area contributed by atoms with E-state index in [1.807, 2.05) is 24.3 Å². The number of nitrogens with zero attached hydrogens (tertiary/aromatic N) is 2. The van der Waals surface area contributed by atoms with Crippen molar-refractivity contribution in [1.82, 2.24) is 4.57 Å². The lowest BCUT2D eigenvalue weighted by molar-refractivity contribution is 0.103. The molecule has 1 aromatic heterocycles. The van der Waals surface area contributed by atoms with Crippen LogP contribution in [0.4, 0.5) is 17.1 Å². The predicted molar refractivity (Wildman–Crippen MR) is 283 cm³/mol. The highest BCUT2D eigenvalue weighted by Crippen LogP contribution is 2.55. The van der Waals surface area contributed by atoms with Gasteiger partial charge in [-0.05, 0) is 122 Å². The fraction of sp³-hybridized carbons (Fsp3) is 0.0923. The van der Waals surface area contributed by atoms with E-state index in [-0.39, 0.29) is 16.6 Å². The van der Waals surface area contributed by atoms with Crippen LogP contribution in [-0.2, 0) is 10.8 Å². The smallest absolute Gasteiger partial charge is 0.193 e. The number of hydrogen-bond donors (Lipinski definition) is 0. The van der Waals surface area contributed by atoms with E-state index in [2.05, 4.69) is 231 Å². The SMILES string of the molecule is CC1(C)c2ccccc2C(=O)c2ccc(-c3ccc(N4c5ccccc5C(C)(C)c5ccc(-c6ccc7c(c6)c6cc(-c8ccccc8)ccc6n7-c6ccccc6)cc54)c4ccccc34)cc21. The molecular weight excluding hydrogens is 825 g/mol. The Balaban J connectivity index is 0.982. The maximum Gasteiger partial charge on any atom is 0.193 e. The van der Waals surface area contributed by atoms with Crippen LogP contribution in [0.15, 0.2) is 218 Å². The summed E-state index contributed by atoms with van der Waals surface area (Å²) in [5, 5.41) is 4.78. The predicted octanol–water partition coefficient (Wildman–Crippen LogP) is 16.9. The Kier molecular flexibility index (Phi) is 8.76. The number of benzene rings is 10. The summed E-state index contributed by atoms with van der Waals surface area (Å²) in [6.45, 7) is 9.20. The van der Waals surface area contributed by atoms with Gasteiger partial charge in [0.1, 0.15) is 0 Å². The van der Waals surface area contributed by atoms with Gasteiger partial charge in [0.25, 0.3) is 0 Å². The second kappa shape index (κ2) is 14.9. The zero-order chi connectivity index (χ0) is 45.9. The van der Waals surface area contributed by atoms with E-state index in [0.29, 0.717) is 0 Å². The number of hydrogen-bond acceptors (Lipinski definition) is 2. The Labute approximate surface area is 397 Å². The molecule has 0 radical (unpaired) electrons. The number of rotatable bonds is 5. The summed E-state index contributed by atoms with van der Waals surface area (Å²) < 4.78 is 2.40. The molecule has 3 nitrogen and oxygen atoms in total. The van der Waals surface area contributed by atoms with Crippen molar-refractivity contribution in [3.8, 4) is 39.1 Å². The van der Waals surface area contributed by atoms with Crippen molar-refractivity contribution in [3.05, 3.63) is 252 Å². The van der Waals surface area contributed by atoms with Gasteiger partial charge < -0.3 is 9.47 Å². The van der Waals surface area contributed by atoms with Gasteiger partial charge in [-0.1, -0.05) is 185 Å². The van der Waals surface area contributed by atoms with Crippen LogP contribution < -0.4 is 4.90 Å². The Morgan fingerprint density at radius 1 is 0.324 bits per heavy atom. The molecule has 0 N–H and O–H groups in total. The van der Waals surface area contributed by atoms with Gasteiger partial charge in [-0.2, -0.15) is 0 Å². The molecule has 324 valence electrons. The Hall–Kier alpha value is -8.27. The summed E-state index contributed by atoms with van der Waals surface area (Å²) in [5.41, 5.74) is 19.7. The van der Waals surface area contributed by atoms with Crippen LogP contribution in [-0.4, -0.2) is 10.4 Å². The summed E-state index contributed by atoms with van der Waals surface area (Å²) in [5.74, 6) is 0.0995. The average molecular weight is 873 g/mol. The molecule has 3 heteroatoms. The van der Waals surface area contributed by atoms with Gasteiger partial charge in [0.2, 0.25) is 0 Å². The van der Waals surface area contributed by atoms with Crippen LogP contribution in [0.1, 0.15) is 65.9 Å². The maximum atomic E-state index is 13.9. The van der Waals surface area contributed by atoms with Crippen molar-refractivity contribution in [3.63, 3.8) is 0 Å². The van der Waals surface area contributed by atoms with E-state index >= 15 is 0 Å². The summed E-state index contributed by atoms with van der Waals surface area (Å²) in [4.78, 5) is 16.4. The highest BCUT2D eigenvalue weighted by Gasteiger charge is 2.39. The zero-order valence-electron chi connectivity index (χ0n) is 38.6. The molecular formula is C65H48N2O. The third-order valence-electron chi connectivity index (χ3n) is 15.2. The molecule has 2 aliphatic rings. The average Bonchev–Trinajstić information content (AvgIpc) is 3.71. The number of anilines is 3. The highest BCUT2D eigenvalue weighted by molar-refractivity contribution is 6.15. The van der Waals surface area contributed by atoms with E-state index < -0.39 is 0 Å². The van der Waals surface area contributed by atoms with E-state index in [4.69, 9.17) is 0 Å². The summed E-state index contributed by atoms with van der Waals surface area (Å²) in [6, 6.07) is 79.3. The second-order valence-corrected chi connectivity index (χ2v) is 19.6. The lowest BCUT2D eigenvalue weighted by Gasteiger charge is -2.42. The third kappa shape index (κ3) is 5.88. The van der Waals surface area contributed by atoms with E-state index in [1.54, 1.807) is 0 Å². The monoisotopic (exact) mass is 872 g/mol. The lowest BCUT2D eigenvalue weighted by Crippen LogP contribution is -2.30. The van der Waals surface area contributed by atoms with E-state index in [0.717, 1.165) is 44.8 Å². The van der Waals surface area contributed by atoms with Gasteiger partial charge in [0.05, 0.1) is 28.1 Å². The Morgan fingerprint density at radius 2 is 0.853 bits per heavy atom. The Bertz CT molecular complexity index is 3870.